The minimum Gasteiger partial charge on any atom is -0.371 e. The van der Waals surface area contributed by atoms with E-state index in [9.17, 15) is 18.4 Å². The van der Waals surface area contributed by atoms with Gasteiger partial charge in [0.25, 0.3) is 11.8 Å². The molecule has 4 rings (SSSR count). The van der Waals surface area contributed by atoms with Crippen molar-refractivity contribution in [3.05, 3.63) is 83.2 Å². The normalized spacial score (nSPS) is 16.9. The molecule has 0 bridgehead atoms. The van der Waals surface area contributed by atoms with Crippen molar-refractivity contribution in [2.45, 2.75) is 45.3 Å². The number of aromatic nitrogens is 2. The molecule has 1 aliphatic heterocycles. The number of carbonyl (C=O) groups excluding carboxylic acids is 2. The van der Waals surface area contributed by atoms with Crippen LogP contribution in [0.1, 0.15) is 60.0 Å². The van der Waals surface area contributed by atoms with Crippen LogP contribution in [0, 0.1) is 5.82 Å². The lowest BCUT2D eigenvalue weighted by Gasteiger charge is -2.19. The highest BCUT2D eigenvalue weighted by Crippen LogP contribution is 2.29. The first-order valence-corrected chi connectivity index (χ1v) is 13.7. The van der Waals surface area contributed by atoms with Gasteiger partial charge in [-0.2, -0.15) is 0 Å². The number of fused-ring (bicyclic) bond motifs is 1. The third-order valence-electron chi connectivity index (χ3n) is 6.91. The van der Waals surface area contributed by atoms with Crippen LogP contribution in [0.4, 0.5) is 14.5 Å². The molecule has 11 heteroatoms. The van der Waals surface area contributed by atoms with Crippen LogP contribution < -0.4 is 16.0 Å². The summed E-state index contributed by atoms with van der Waals surface area (Å²) in [5.74, 6) is -1.65. The van der Waals surface area contributed by atoms with Crippen LogP contribution in [0.2, 0.25) is 0 Å². The number of pyridine rings is 1. The summed E-state index contributed by atoms with van der Waals surface area (Å²) in [6.45, 7) is 10.2. The molecule has 9 nitrogen and oxygen atoms in total. The van der Waals surface area contributed by atoms with Gasteiger partial charge >= 0.3 is 0 Å². The molecular formula is C31H36F2N6O3. The topological polar surface area (TPSA) is 109 Å². The number of allylic oxidation sites excluding steroid dienone is 2. The molecule has 1 aliphatic rings. The molecule has 3 N–H and O–H groups in total. The van der Waals surface area contributed by atoms with E-state index >= 15 is 0 Å². The van der Waals surface area contributed by atoms with Crippen molar-refractivity contribution in [1.29, 1.82) is 0 Å². The first kappa shape index (κ1) is 30.7. The van der Waals surface area contributed by atoms with E-state index in [2.05, 4.69) is 32.6 Å². The number of imidazole rings is 1. The van der Waals surface area contributed by atoms with Crippen LogP contribution in [0.3, 0.4) is 0 Å². The predicted octanol–water partition coefficient (Wildman–Crippen LogP) is 4.96. The second kappa shape index (κ2) is 13.6. The van der Waals surface area contributed by atoms with E-state index in [-0.39, 0.29) is 41.1 Å². The maximum atomic E-state index is 14.6. The fraction of sp³-hybridized carbons (Fsp3) is 0.355. The Morgan fingerprint density at radius 1 is 1.24 bits per heavy atom. The van der Waals surface area contributed by atoms with Gasteiger partial charge in [0.05, 0.1) is 23.6 Å². The molecule has 1 aromatic carbocycles. The van der Waals surface area contributed by atoms with Crippen molar-refractivity contribution in [1.82, 2.24) is 20.0 Å². The van der Waals surface area contributed by atoms with E-state index in [1.54, 1.807) is 28.9 Å². The fourth-order valence-electron chi connectivity index (χ4n) is 4.77. The molecule has 0 aliphatic carbocycles. The number of hydrogen-bond donors (Lipinski definition) is 3. The molecule has 1 atom stereocenters. The van der Waals surface area contributed by atoms with E-state index < -0.39 is 18.4 Å². The number of rotatable bonds is 12. The Morgan fingerprint density at radius 2 is 2.05 bits per heavy atom. The summed E-state index contributed by atoms with van der Waals surface area (Å²) in [5, 5.41) is 8.39. The number of aliphatic imine (C=N–C) groups is 1. The van der Waals surface area contributed by atoms with Crippen LogP contribution >= 0.6 is 0 Å². The highest BCUT2D eigenvalue weighted by Gasteiger charge is 2.31. The summed E-state index contributed by atoms with van der Waals surface area (Å²) in [7, 11) is 0. The zero-order chi connectivity index (χ0) is 30.3. The van der Waals surface area contributed by atoms with Crippen molar-refractivity contribution in [3.8, 4) is 0 Å². The highest BCUT2D eigenvalue weighted by atomic mass is 19.1. The van der Waals surface area contributed by atoms with Gasteiger partial charge in [0.1, 0.15) is 23.8 Å². The van der Waals surface area contributed by atoms with Gasteiger partial charge in [-0.25, -0.2) is 13.8 Å². The average molecular weight is 579 g/mol. The van der Waals surface area contributed by atoms with Gasteiger partial charge in [0.2, 0.25) is 0 Å². The standard InChI is InChI=1S/C31H36F2N6O3/c1-20(16-35-11-10-32)13-23(17-34-4)21-8-12-39-27(19-36-28(39)15-21)30(41)38-26-14-22(5-6-25(26)33)29(40)37-18-24-7-9-31(2,3)42-24/h5-6,8,12-15,17,19,24,35H,4,7,9-11,16,18H2,1-3H3,(H,37,40)(H,38,41)/b20-13+,23-17+/t24-/m0/s1. The molecule has 3 aromatic rings. The monoisotopic (exact) mass is 578 g/mol. The Hall–Kier alpha value is -4.22. The maximum Gasteiger partial charge on any atom is 0.274 e. The van der Waals surface area contributed by atoms with Gasteiger partial charge in [-0.15, -0.1) is 0 Å². The van der Waals surface area contributed by atoms with Gasteiger partial charge in [0.15, 0.2) is 0 Å². The zero-order valence-corrected chi connectivity index (χ0v) is 24.0. The second-order valence-corrected chi connectivity index (χ2v) is 10.8. The number of carbonyl (C=O) groups is 2. The zero-order valence-electron chi connectivity index (χ0n) is 24.0. The third-order valence-corrected chi connectivity index (χ3v) is 6.91. The lowest BCUT2D eigenvalue weighted by molar-refractivity contribution is -0.0138. The molecular weight excluding hydrogens is 542 g/mol. The van der Waals surface area contributed by atoms with Crippen molar-refractivity contribution >= 4 is 35.4 Å². The van der Waals surface area contributed by atoms with Crippen LogP contribution in [0.5, 0.6) is 0 Å². The van der Waals surface area contributed by atoms with Crippen molar-refractivity contribution in [2.75, 3.05) is 31.6 Å². The number of halogens is 2. The van der Waals surface area contributed by atoms with Gasteiger partial charge in [0, 0.05) is 43.2 Å². The smallest absolute Gasteiger partial charge is 0.274 e. The second-order valence-electron chi connectivity index (χ2n) is 10.8. The van der Waals surface area contributed by atoms with E-state index in [0.717, 1.165) is 35.6 Å². The minimum atomic E-state index is -0.674. The summed E-state index contributed by atoms with van der Waals surface area (Å²) < 4.78 is 34.5. The largest absolute Gasteiger partial charge is 0.371 e. The van der Waals surface area contributed by atoms with Crippen molar-refractivity contribution in [2.24, 2.45) is 4.99 Å². The lowest BCUT2D eigenvalue weighted by atomic mass is 10.1. The Balaban J connectivity index is 1.47. The van der Waals surface area contributed by atoms with Gasteiger partial charge in [-0.05, 0) is 76.2 Å². The Morgan fingerprint density at radius 3 is 2.76 bits per heavy atom. The van der Waals surface area contributed by atoms with Crippen LogP contribution in [-0.2, 0) is 4.74 Å². The summed E-state index contributed by atoms with van der Waals surface area (Å²) in [6.07, 6.45) is 8.26. The molecule has 1 fully saturated rings. The Bertz CT molecular complexity index is 1530. The summed E-state index contributed by atoms with van der Waals surface area (Å²) >= 11 is 0. The molecule has 42 heavy (non-hydrogen) atoms. The van der Waals surface area contributed by atoms with Gasteiger partial charge in [-0.1, -0.05) is 11.6 Å². The van der Waals surface area contributed by atoms with Gasteiger partial charge in [-0.3, -0.25) is 19.0 Å². The molecule has 0 radical (unpaired) electrons. The van der Waals surface area contributed by atoms with E-state index in [1.807, 2.05) is 26.8 Å². The van der Waals surface area contributed by atoms with Crippen LogP contribution in [-0.4, -0.2) is 65.9 Å². The van der Waals surface area contributed by atoms with Crippen molar-refractivity contribution < 1.29 is 23.1 Å². The molecule has 2 amide bonds. The average Bonchev–Trinajstić information content (AvgIpc) is 3.54. The van der Waals surface area contributed by atoms with Crippen LogP contribution in [0.25, 0.3) is 11.2 Å². The Labute approximate surface area is 243 Å². The summed E-state index contributed by atoms with van der Waals surface area (Å²) in [5.41, 5.74) is 3.06. The van der Waals surface area contributed by atoms with Gasteiger partial charge < -0.3 is 20.7 Å². The first-order chi connectivity index (χ1) is 20.1. The number of benzene rings is 1. The fourth-order valence-corrected chi connectivity index (χ4v) is 4.77. The number of nitrogens with zero attached hydrogens (tertiary/aromatic N) is 3. The molecule has 222 valence electrons. The molecule has 2 aromatic heterocycles. The molecule has 0 saturated carbocycles. The van der Waals surface area contributed by atoms with E-state index in [0.29, 0.717) is 18.7 Å². The molecule has 0 spiro atoms. The molecule has 0 unspecified atom stereocenters. The quantitative estimate of drug-likeness (QED) is 0.160. The number of anilines is 1. The maximum absolute atomic E-state index is 14.6. The summed E-state index contributed by atoms with van der Waals surface area (Å²) in [6, 6.07) is 7.39. The highest BCUT2D eigenvalue weighted by molar-refractivity contribution is 6.04. The predicted molar refractivity (Wildman–Crippen MR) is 160 cm³/mol. The van der Waals surface area contributed by atoms with Crippen LogP contribution in [0.15, 0.2) is 65.6 Å². The summed E-state index contributed by atoms with van der Waals surface area (Å²) in [4.78, 5) is 34.1. The van der Waals surface area contributed by atoms with E-state index in [4.69, 9.17) is 4.74 Å². The molecule has 1 saturated heterocycles. The first-order valence-electron chi connectivity index (χ1n) is 13.7. The van der Waals surface area contributed by atoms with E-state index in [1.165, 1.54) is 18.3 Å². The number of hydrogen-bond acceptors (Lipinski definition) is 6. The Kier molecular flexibility index (Phi) is 9.97. The molecule has 3 heterocycles. The number of nitrogens with one attached hydrogen (secondary N) is 3. The minimum absolute atomic E-state index is 0.0803. The number of amides is 2. The number of ether oxygens (including phenoxy) is 1. The van der Waals surface area contributed by atoms with Crippen molar-refractivity contribution in [3.63, 3.8) is 0 Å². The third kappa shape index (κ3) is 7.74. The SMILES string of the molecule is C=N/C=C(\C=C(/C)CNCCF)c1ccn2c(C(=O)Nc3cc(C(=O)NC[C@@H]4CCC(C)(C)O4)ccc3F)cnc2c1. The lowest BCUT2D eigenvalue weighted by Crippen LogP contribution is -2.33. The number of alkyl halides is 1.